The molecule has 5 nitrogen and oxygen atoms in total. The van der Waals surface area contributed by atoms with Gasteiger partial charge < -0.3 is 14.5 Å². The second-order valence-corrected chi connectivity index (χ2v) is 10.4. The Morgan fingerprint density at radius 1 is 0.966 bits per heavy atom. The SMILES string of the molecule is COc1ccccc1N1CCN(CCCN2CC(C)(C)CC(C)(C)CC2=O)CC1. The van der Waals surface area contributed by atoms with E-state index in [-0.39, 0.29) is 10.8 Å². The highest BCUT2D eigenvalue weighted by Crippen LogP contribution is 2.40. The second kappa shape index (κ2) is 8.95. The maximum Gasteiger partial charge on any atom is 0.223 e. The minimum atomic E-state index is 0.101. The van der Waals surface area contributed by atoms with Gasteiger partial charge in [-0.3, -0.25) is 9.69 Å². The molecule has 0 N–H and O–H groups in total. The summed E-state index contributed by atoms with van der Waals surface area (Å²) in [4.78, 5) is 19.8. The van der Waals surface area contributed by atoms with Gasteiger partial charge in [0.2, 0.25) is 5.91 Å². The number of hydrogen-bond donors (Lipinski definition) is 0. The van der Waals surface area contributed by atoms with Crippen LogP contribution in [-0.2, 0) is 4.79 Å². The number of benzene rings is 1. The van der Waals surface area contributed by atoms with E-state index in [4.69, 9.17) is 4.74 Å². The van der Waals surface area contributed by atoms with Gasteiger partial charge in [-0.05, 0) is 42.3 Å². The van der Waals surface area contributed by atoms with Crippen molar-refractivity contribution in [2.75, 3.05) is 57.8 Å². The highest BCUT2D eigenvalue weighted by Gasteiger charge is 2.37. The molecule has 1 aromatic rings. The Kier molecular flexibility index (Phi) is 6.77. The smallest absolute Gasteiger partial charge is 0.223 e. The Bertz CT molecular complexity index is 693. The molecule has 0 bridgehead atoms. The maximum atomic E-state index is 12.8. The van der Waals surface area contributed by atoms with Crippen molar-refractivity contribution in [2.45, 2.75) is 47.0 Å². The lowest BCUT2D eigenvalue weighted by Gasteiger charge is -2.37. The van der Waals surface area contributed by atoms with Gasteiger partial charge in [-0.2, -0.15) is 0 Å². The van der Waals surface area contributed by atoms with Crippen molar-refractivity contribution >= 4 is 11.6 Å². The lowest BCUT2D eigenvalue weighted by atomic mass is 9.74. The Hall–Kier alpha value is -1.75. The summed E-state index contributed by atoms with van der Waals surface area (Å²) in [6.45, 7) is 16.1. The van der Waals surface area contributed by atoms with Gasteiger partial charge in [0, 0.05) is 45.7 Å². The molecule has 29 heavy (non-hydrogen) atoms. The number of para-hydroxylation sites is 2. The number of carbonyl (C=O) groups is 1. The first-order valence-corrected chi connectivity index (χ1v) is 11.1. The summed E-state index contributed by atoms with van der Waals surface area (Å²) in [6, 6.07) is 8.27. The van der Waals surface area contributed by atoms with Crippen LogP contribution in [0.4, 0.5) is 5.69 Å². The Labute approximate surface area is 177 Å². The van der Waals surface area contributed by atoms with Crippen molar-refractivity contribution in [2.24, 2.45) is 10.8 Å². The standard InChI is InChI=1S/C24H39N3O2/c1-23(2)17-22(28)27(19-24(3,4)18-23)12-8-11-25-13-15-26(16-14-25)20-9-6-7-10-21(20)29-5/h6-7,9-10H,8,11-19H2,1-5H3. The highest BCUT2D eigenvalue weighted by atomic mass is 16.5. The highest BCUT2D eigenvalue weighted by molar-refractivity contribution is 5.77. The molecule has 0 aromatic heterocycles. The van der Waals surface area contributed by atoms with Crippen LogP contribution in [0.15, 0.2) is 24.3 Å². The Morgan fingerprint density at radius 3 is 2.34 bits per heavy atom. The number of ether oxygens (including phenoxy) is 1. The molecular weight excluding hydrogens is 362 g/mol. The van der Waals surface area contributed by atoms with Gasteiger partial charge in [-0.15, -0.1) is 0 Å². The van der Waals surface area contributed by atoms with Crippen LogP contribution in [0.1, 0.15) is 47.0 Å². The lowest BCUT2D eigenvalue weighted by Crippen LogP contribution is -2.47. The third-order valence-corrected chi connectivity index (χ3v) is 6.26. The molecule has 0 atom stereocenters. The molecule has 3 rings (SSSR count). The Morgan fingerprint density at radius 2 is 1.66 bits per heavy atom. The quantitative estimate of drug-likeness (QED) is 0.725. The predicted molar refractivity (Wildman–Crippen MR) is 120 cm³/mol. The van der Waals surface area contributed by atoms with Crippen molar-refractivity contribution in [3.63, 3.8) is 0 Å². The van der Waals surface area contributed by atoms with Crippen LogP contribution in [0.3, 0.4) is 0 Å². The van der Waals surface area contributed by atoms with E-state index in [9.17, 15) is 4.79 Å². The minimum absolute atomic E-state index is 0.101. The summed E-state index contributed by atoms with van der Waals surface area (Å²) >= 11 is 0. The third kappa shape index (κ3) is 5.88. The van der Waals surface area contributed by atoms with E-state index in [2.05, 4.69) is 54.5 Å². The molecule has 1 amide bonds. The molecule has 0 saturated carbocycles. The first kappa shape index (κ1) is 21.9. The topological polar surface area (TPSA) is 36.0 Å². The summed E-state index contributed by atoms with van der Waals surface area (Å²) in [7, 11) is 1.74. The molecule has 2 fully saturated rings. The van der Waals surface area contributed by atoms with E-state index in [0.717, 1.165) is 64.4 Å². The number of methoxy groups -OCH3 is 1. The van der Waals surface area contributed by atoms with Crippen molar-refractivity contribution in [1.82, 2.24) is 9.80 Å². The van der Waals surface area contributed by atoms with Crippen LogP contribution in [0.5, 0.6) is 5.75 Å². The summed E-state index contributed by atoms with van der Waals surface area (Å²) in [5, 5.41) is 0. The number of carbonyl (C=O) groups excluding carboxylic acids is 1. The fraction of sp³-hybridized carbons (Fsp3) is 0.708. The molecule has 0 aliphatic carbocycles. The van der Waals surface area contributed by atoms with Crippen molar-refractivity contribution in [1.29, 1.82) is 0 Å². The van der Waals surface area contributed by atoms with E-state index in [0.29, 0.717) is 12.3 Å². The normalized spacial score (nSPS) is 22.4. The molecule has 2 heterocycles. The van der Waals surface area contributed by atoms with Crippen molar-refractivity contribution in [3.05, 3.63) is 24.3 Å². The van der Waals surface area contributed by atoms with Crippen LogP contribution < -0.4 is 9.64 Å². The number of anilines is 1. The number of rotatable bonds is 6. The molecule has 162 valence electrons. The molecule has 0 spiro atoms. The van der Waals surface area contributed by atoms with Crippen LogP contribution in [0, 0.1) is 10.8 Å². The van der Waals surface area contributed by atoms with Gasteiger partial charge in [0.1, 0.15) is 5.75 Å². The summed E-state index contributed by atoms with van der Waals surface area (Å²) in [6.07, 6.45) is 2.83. The van der Waals surface area contributed by atoms with E-state index in [1.165, 1.54) is 5.69 Å². The average molecular weight is 402 g/mol. The number of hydrogen-bond acceptors (Lipinski definition) is 4. The van der Waals surface area contributed by atoms with Gasteiger partial charge in [-0.25, -0.2) is 0 Å². The van der Waals surface area contributed by atoms with E-state index in [1.54, 1.807) is 7.11 Å². The second-order valence-electron chi connectivity index (χ2n) is 10.4. The predicted octanol–water partition coefficient (Wildman–Crippen LogP) is 3.88. The molecule has 2 aliphatic rings. The van der Waals surface area contributed by atoms with Crippen molar-refractivity contribution < 1.29 is 9.53 Å². The molecule has 0 radical (unpaired) electrons. The molecule has 5 heteroatoms. The first-order valence-electron chi connectivity index (χ1n) is 11.1. The van der Waals surface area contributed by atoms with E-state index in [1.807, 2.05) is 12.1 Å². The monoisotopic (exact) mass is 401 g/mol. The maximum absolute atomic E-state index is 12.8. The van der Waals surface area contributed by atoms with Gasteiger partial charge in [-0.1, -0.05) is 39.8 Å². The van der Waals surface area contributed by atoms with Crippen LogP contribution in [0.2, 0.25) is 0 Å². The minimum Gasteiger partial charge on any atom is -0.495 e. The Balaban J connectivity index is 1.46. The first-order chi connectivity index (χ1) is 13.7. The van der Waals surface area contributed by atoms with Gasteiger partial charge in [0.15, 0.2) is 0 Å². The third-order valence-electron chi connectivity index (χ3n) is 6.26. The fourth-order valence-electron chi connectivity index (χ4n) is 5.33. The molecule has 0 unspecified atom stereocenters. The molecule has 2 aliphatic heterocycles. The van der Waals surface area contributed by atoms with Crippen molar-refractivity contribution in [3.8, 4) is 5.75 Å². The van der Waals surface area contributed by atoms with Gasteiger partial charge >= 0.3 is 0 Å². The van der Waals surface area contributed by atoms with Crippen LogP contribution in [-0.4, -0.2) is 68.6 Å². The van der Waals surface area contributed by atoms with Gasteiger partial charge in [0.25, 0.3) is 0 Å². The summed E-state index contributed by atoms with van der Waals surface area (Å²) in [5.74, 6) is 1.28. The van der Waals surface area contributed by atoms with E-state index < -0.39 is 0 Å². The summed E-state index contributed by atoms with van der Waals surface area (Å²) < 4.78 is 5.52. The van der Waals surface area contributed by atoms with Gasteiger partial charge in [0.05, 0.1) is 12.8 Å². The number of amides is 1. The number of nitrogens with zero attached hydrogens (tertiary/aromatic N) is 3. The average Bonchev–Trinajstić information content (AvgIpc) is 2.74. The molecule has 1 aromatic carbocycles. The van der Waals surface area contributed by atoms with Crippen LogP contribution in [0.25, 0.3) is 0 Å². The van der Waals surface area contributed by atoms with Crippen LogP contribution >= 0.6 is 0 Å². The lowest BCUT2D eigenvalue weighted by molar-refractivity contribution is -0.132. The zero-order valence-electron chi connectivity index (χ0n) is 19.0. The zero-order valence-corrected chi connectivity index (χ0v) is 19.0. The molecular formula is C24H39N3O2. The molecule has 2 saturated heterocycles. The van der Waals surface area contributed by atoms with E-state index >= 15 is 0 Å². The number of piperazine rings is 1. The summed E-state index contributed by atoms with van der Waals surface area (Å²) in [5.41, 5.74) is 1.48. The largest absolute Gasteiger partial charge is 0.495 e. The number of likely N-dealkylation sites (tertiary alicyclic amines) is 1. The zero-order chi connectivity index (χ0) is 21.1. The fourth-order valence-corrected chi connectivity index (χ4v) is 5.33.